The molecule has 2 rings (SSSR count). The lowest BCUT2D eigenvalue weighted by Gasteiger charge is -2.16. The fourth-order valence-electron chi connectivity index (χ4n) is 1.74. The molecule has 0 aromatic heterocycles. The number of alkyl halides is 1. The van der Waals surface area contributed by atoms with Crippen LogP contribution in [0.2, 0.25) is 0 Å². The van der Waals surface area contributed by atoms with E-state index in [1.54, 1.807) is 6.07 Å². The lowest BCUT2D eigenvalue weighted by Crippen LogP contribution is -2.12. The van der Waals surface area contributed by atoms with Gasteiger partial charge in [-0.1, -0.05) is 46.3 Å². The highest BCUT2D eigenvalue weighted by Gasteiger charge is 2.12. The molecule has 0 amide bonds. The minimum Gasteiger partial charge on any atom is -0.492 e. The third-order valence-corrected chi connectivity index (χ3v) is 4.19. The molecule has 0 spiro atoms. The van der Waals surface area contributed by atoms with Crippen molar-refractivity contribution in [2.45, 2.75) is 5.92 Å². The molecule has 4 heteroatoms. The van der Waals surface area contributed by atoms with Crippen molar-refractivity contribution in [1.29, 1.82) is 0 Å². The smallest absolute Gasteiger partial charge is 0.133 e. The number of hydrogen-bond donors (Lipinski definition) is 0. The van der Waals surface area contributed by atoms with Crippen LogP contribution in [0.3, 0.4) is 0 Å². The first kappa shape index (κ1) is 14.5. The molecule has 0 heterocycles. The average molecular weight is 388 g/mol. The Morgan fingerprint density at radius 3 is 2.47 bits per heavy atom. The zero-order valence-electron chi connectivity index (χ0n) is 10.2. The van der Waals surface area contributed by atoms with Gasteiger partial charge in [-0.05, 0) is 39.7 Å². The molecule has 0 N–H and O–H groups in total. The predicted octanol–water partition coefficient (Wildman–Crippen LogP) is 5.15. The Bertz CT molecular complexity index is 531. The van der Waals surface area contributed by atoms with Gasteiger partial charge in [-0.15, -0.1) is 0 Å². The van der Waals surface area contributed by atoms with E-state index in [0.717, 1.165) is 5.33 Å². The maximum absolute atomic E-state index is 13.0. The SMILES string of the molecule is Fc1ccc(OCC(CBr)c2ccccc2)c(Br)c1. The molecule has 0 saturated carbocycles. The average Bonchev–Trinajstić information content (AvgIpc) is 2.43. The fraction of sp³-hybridized carbons (Fsp3) is 0.200. The van der Waals surface area contributed by atoms with Gasteiger partial charge in [-0.2, -0.15) is 0 Å². The van der Waals surface area contributed by atoms with E-state index in [4.69, 9.17) is 4.74 Å². The Morgan fingerprint density at radius 1 is 1.11 bits per heavy atom. The molecule has 0 fully saturated rings. The molecule has 0 saturated heterocycles. The molecule has 0 aliphatic rings. The van der Waals surface area contributed by atoms with Crippen molar-refractivity contribution in [1.82, 2.24) is 0 Å². The van der Waals surface area contributed by atoms with E-state index < -0.39 is 0 Å². The molecular weight excluding hydrogens is 375 g/mol. The van der Waals surface area contributed by atoms with E-state index in [2.05, 4.69) is 44.0 Å². The summed E-state index contributed by atoms with van der Waals surface area (Å²) in [6, 6.07) is 14.6. The van der Waals surface area contributed by atoms with E-state index in [0.29, 0.717) is 16.8 Å². The quantitative estimate of drug-likeness (QED) is 0.645. The number of halogens is 3. The van der Waals surface area contributed by atoms with Gasteiger partial charge in [0.25, 0.3) is 0 Å². The highest BCUT2D eigenvalue weighted by molar-refractivity contribution is 9.10. The van der Waals surface area contributed by atoms with Crippen molar-refractivity contribution in [2.24, 2.45) is 0 Å². The molecule has 2 aromatic carbocycles. The first-order valence-electron chi connectivity index (χ1n) is 5.89. The maximum Gasteiger partial charge on any atom is 0.133 e. The largest absolute Gasteiger partial charge is 0.492 e. The van der Waals surface area contributed by atoms with Crippen molar-refractivity contribution >= 4 is 31.9 Å². The third-order valence-electron chi connectivity index (χ3n) is 2.79. The van der Waals surface area contributed by atoms with Crippen molar-refractivity contribution in [3.05, 3.63) is 64.4 Å². The summed E-state index contributed by atoms with van der Waals surface area (Å²) in [6.45, 7) is 0.541. The van der Waals surface area contributed by atoms with E-state index in [1.165, 1.54) is 17.7 Å². The first-order valence-corrected chi connectivity index (χ1v) is 7.81. The van der Waals surface area contributed by atoms with Crippen LogP contribution in [0.5, 0.6) is 5.75 Å². The Balaban J connectivity index is 2.04. The van der Waals surface area contributed by atoms with Crippen LogP contribution in [0.25, 0.3) is 0 Å². The molecule has 0 aliphatic carbocycles. The van der Waals surface area contributed by atoms with E-state index in [-0.39, 0.29) is 11.7 Å². The second-order valence-corrected chi connectivity index (χ2v) is 5.65. The van der Waals surface area contributed by atoms with Crippen molar-refractivity contribution in [3.8, 4) is 5.75 Å². The molecule has 0 bridgehead atoms. The number of benzene rings is 2. The van der Waals surface area contributed by atoms with Crippen LogP contribution in [0.4, 0.5) is 4.39 Å². The van der Waals surface area contributed by atoms with Gasteiger partial charge in [0.2, 0.25) is 0 Å². The lowest BCUT2D eigenvalue weighted by atomic mass is 10.0. The standard InChI is InChI=1S/C15H13Br2FO/c16-9-12(11-4-2-1-3-5-11)10-19-15-7-6-13(18)8-14(15)17/h1-8,12H,9-10H2. The third kappa shape index (κ3) is 4.05. The Labute approximate surface area is 129 Å². The van der Waals surface area contributed by atoms with Gasteiger partial charge in [-0.3, -0.25) is 0 Å². The van der Waals surface area contributed by atoms with Crippen LogP contribution in [-0.2, 0) is 0 Å². The highest BCUT2D eigenvalue weighted by Crippen LogP contribution is 2.27. The van der Waals surface area contributed by atoms with Crippen molar-refractivity contribution in [2.75, 3.05) is 11.9 Å². The molecule has 2 aromatic rings. The second-order valence-electron chi connectivity index (χ2n) is 4.15. The number of hydrogen-bond acceptors (Lipinski definition) is 1. The molecular formula is C15H13Br2FO. The van der Waals surface area contributed by atoms with E-state index >= 15 is 0 Å². The number of rotatable bonds is 5. The topological polar surface area (TPSA) is 9.23 Å². The minimum absolute atomic E-state index is 0.262. The zero-order valence-corrected chi connectivity index (χ0v) is 13.3. The maximum atomic E-state index is 13.0. The highest BCUT2D eigenvalue weighted by atomic mass is 79.9. The summed E-state index contributed by atoms with van der Waals surface area (Å²) in [4.78, 5) is 0. The van der Waals surface area contributed by atoms with Gasteiger partial charge < -0.3 is 4.74 Å². The molecule has 1 unspecified atom stereocenters. The van der Waals surface area contributed by atoms with Gasteiger partial charge in [0, 0.05) is 11.2 Å². The lowest BCUT2D eigenvalue weighted by molar-refractivity contribution is 0.296. The Kier molecular flexibility index (Phi) is 5.40. The van der Waals surface area contributed by atoms with Crippen LogP contribution in [0.1, 0.15) is 11.5 Å². The van der Waals surface area contributed by atoms with Gasteiger partial charge in [0.1, 0.15) is 11.6 Å². The summed E-state index contributed by atoms with van der Waals surface area (Å²) < 4.78 is 19.4. The van der Waals surface area contributed by atoms with Crippen LogP contribution >= 0.6 is 31.9 Å². The van der Waals surface area contributed by atoms with E-state index in [9.17, 15) is 4.39 Å². The second kappa shape index (κ2) is 7.06. The minimum atomic E-state index is -0.278. The molecule has 1 atom stereocenters. The molecule has 100 valence electrons. The Hall–Kier alpha value is -0.870. The summed E-state index contributed by atoms with van der Waals surface area (Å²) in [5, 5.41) is 0.815. The molecule has 0 radical (unpaired) electrons. The fourth-order valence-corrected chi connectivity index (χ4v) is 2.76. The van der Waals surface area contributed by atoms with Crippen LogP contribution in [0, 0.1) is 5.82 Å². The summed E-state index contributed by atoms with van der Waals surface area (Å²) in [5.41, 5.74) is 1.22. The van der Waals surface area contributed by atoms with Crippen LogP contribution in [-0.4, -0.2) is 11.9 Å². The molecule has 19 heavy (non-hydrogen) atoms. The van der Waals surface area contributed by atoms with Crippen molar-refractivity contribution in [3.63, 3.8) is 0 Å². The summed E-state index contributed by atoms with van der Waals surface area (Å²) >= 11 is 6.80. The van der Waals surface area contributed by atoms with Gasteiger partial charge in [0.05, 0.1) is 11.1 Å². The number of ether oxygens (including phenoxy) is 1. The van der Waals surface area contributed by atoms with Crippen molar-refractivity contribution < 1.29 is 9.13 Å². The monoisotopic (exact) mass is 386 g/mol. The summed E-state index contributed by atoms with van der Waals surface area (Å²) in [7, 11) is 0. The summed E-state index contributed by atoms with van der Waals surface area (Å²) in [6.07, 6.45) is 0. The molecule has 1 nitrogen and oxygen atoms in total. The van der Waals surface area contributed by atoms with Crippen LogP contribution < -0.4 is 4.74 Å². The van der Waals surface area contributed by atoms with Gasteiger partial charge in [0.15, 0.2) is 0 Å². The van der Waals surface area contributed by atoms with Crippen LogP contribution in [0.15, 0.2) is 53.0 Å². The predicted molar refractivity (Wildman–Crippen MR) is 82.6 cm³/mol. The zero-order chi connectivity index (χ0) is 13.7. The molecule has 0 aliphatic heterocycles. The van der Waals surface area contributed by atoms with Gasteiger partial charge >= 0.3 is 0 Å². The first-order chi connectivity index (χ1) is 9.20. The summed E-state index contributed by atoms with van der Waals surface area (Å²) in [5.74, 6) is 0.640. The Morgan fingerprint density at radius 2 is 1.84 bits per heavy atom. The normalized spacial score (nSPS) is 12.2. The van der Waals surface area contributed by atoms with E-state index in [1.807, 2.05) is 18.2 Å². The van der Waals surface area contributed by atoms with Gasteiger partial charge in [-0.25, -0.2) is 4.39 Å².